The predicted octanol–water partition coefficient (Wildman–Crippen LogP) is 7.69. The van der Waals surface area contributed by atoms with Gasteiger partial charge in [-0.25, -0.2) is 8.42 Å². The lowest BCUT2D eigenvalue weighted by molar-refractivity contribution is -0.148. The Morgan fingerprint density at radius 2 is 1.76 bits per heavy atom. The van der Waals surface area contributed by atoms with Gasteiger partial charge in [0.05, 0.1) is 10.1 Å². The van der Waals surface area contributed by atoms with E-state index in [0.29, 0.717) is 35.0 Å². The van der Waals surface area contributed by atoms with E-state index in [2.05, 4.69) is 33.8 Å². The minimum absolute atomic E-state index is 0.0374. The number of hydrogen-bond donors (Lipinski definition) is 0. The molecule has 4 nitrogen and oxygen atoms in total. The molecule has 0 aliphatic heterocycles. The van der Waals surface area contributed by atoms with Crippen LogP contribution < -0.4 is 0 Å². The van der Waals surface area contributed by atoms with Crippen molar-refractivity contribution in [3.63, 3.8) is 0 Å². The van der Waals surface area contributed by atoms with E-state index < -0.39 is 9.84 Å². The maximum atomic E-state index is 13.8. The summed E-state index contributed by atoms with van der Waals surface area (Å²) in [6.45, 7) is 12.8. The average Bonchev–Trinajstić information content (AvgIpc) is 3.21. The molecule has 0 N–H and O–H groups in total. The minimum atomic E-state index is -3.38. The van der Waals surface area contributed by atoms with Gasteiger partial charge in [-0.2, -0.15) is 0 Å². The highest BCUT2D eigenvalue weighted by Gasteiger charge is 2.60. The van der Waals surface area contributed by atoms with Crippen LogP contribution in [0, 0.1) is 47.3 Å². The van der Waals surface area contributed by atoms with Gasteiger partial charge in [-0.05, 0) is 111 Å². The van der Waals surface area contributed by atoms with E-state index >= 15 is 0 Å². The van der Waals surface area contributed by atoms with Gasteiger partial charge in [0.15, 0.2) is 9.84 Å². The first-order chi connectivity index (χ1) is 17.9. The molecule has 210 valence electrons. The molecule has 0 saturated heterocycles. The van der Waals surface area contributed by atoms with E-state index in [1.165, 1.54) is 31.8 Å². The van der Waals surface area contributed by atoms with Crippen molar-refractivity contribution in [1.82, 2.24) is 0 Å². The number of hydrogen-bond acceptors (Lipinski definition) is 4. The van der Waals surface area contributed by atoms with E-state index in [1.54, 1.807) is 12.1 Å². The molecule has 9 atom stereocenters. The van der Waals surface area contributed by atoms with Crippen LogP contribution in [0.3, 0.4) is 0 Å². The summed E-state index contributed by atoms with van der Waals surface area (Å²) in [5.41, 5.74) is 3.03. The van der Waals surface area contributed by atoms with E-state index in [1.807, 2.05) is 19.1 Å². The quantitative estimate of drug-likeness (QED) is 0.274. The zero-order valence-corrected chi connectivity index (χ0v) is 25.1. The first-order valence-electron chi connectivity index (χ1n) is 15.1. The number of ether oxygens (including phenoxy) is 1. The minimum Gasteiger partial charge on any atom is -0.462 e. The Hall–Kier alpha value is -1.62. The zero-order chi connectivity index (χ0) is 27.5. The van der Waals surface area contributed by atoms with E-state index in [9.17, 15) is 13.2 Å². The van der Waals surface area contributed by atoms with Crippen LogP contribution in [0.5, 0.6) is 0 Å². The topological polar surface area (TPSA) is 60.4 Å². The van der Waals surface area contributed by atoms with Crippen molar-refractivity contribution in [2.75, 3.05) is 0 Å². The van der Waals surface area contributed by atoms with Crippen molar-refractivity contribution in [3.05, 3.63) is 41.5 Å². The number of rotatable bonds is 6. The molecule has 1 aromatic rings. The van der Waals surface area contributed by atoms with Crippen LogP contribution >= 0.6 is 0 Å². The van der Waals surface area contributed by atoms with Gasteiger partial charge in [-0.3, -0.25) is 4.79 Å². The Bertz CT molecular complexity index is 1180. The molecule has 0 spiro atoms. The molecule has 5 rings (SSSR count). The molecule has 4 aliphatic rings. The second-order valence-electron chi connectivity index (χ2n) is 13.6. The zero-order valence-electron chi connectivity index (χ0n) is 24.3. The van der Waals surface area contributed by atoms with Crippen molar-refractivity contribution < 1.29 is 17.9 Å². The standard InChI is InChI=1S/C33H48O4S/c1-7-31(38(35,36)26-11-8-21(2)9-12-26)22(3)28-14-15-29-27-13-10-24-20-25(37-23(4)34)16-18-32(24,5)30(27)17-19-33(28,29)6/h8-12,22,25,27-31H,7,13-20H2,1-6H3/t22-,25-,27-,28+,29-,30-,31?,32-,33+/m0/s1. The lowest BCUT2D eigenvalue weighted by atomic mass is 9.47. The van der Waals surface area contributed by atoms with Gasteiger partial charge in [-0.15, -0.1) is 0 Å². The molecular weight excluding hydrogens is 492 g/mol. The summed E-state index contributed by atoms with van der Waals surface area (Å²) in [6.07, 6.45) is 12.1. The lowest BCUT2D eigenvalue weighted by Crippen LogP contribution is -2.51. The van der Waals surface area contributed by atoms with Crippen LogP contribution in [0.2, 0.25) is 0 Å². The Morgan fingerprint density at radius 1 is 1.05 bits per heavy atom. The summed E-state index contributed by atoms with van der Waals surface area (Å²) in [5.74, 6) is 2.44. The number of esters is 1. The maximum absolute atomic E-state index is 13.8. The Labute approximate surface area is 230 Å². The molecule has 1 aromatic carbocycles. The SMILES string of the molecule is CCC([C@@H](C)[C@H]1CC[C@H]2[C@@H]3CC=C4C[C@@H](OC(C)=O)CC[C@]4(C)[C@H]3CC[C@]12C)S(=O)(=O)c1ccc(C)cc1. The number of sulfone groups is 1. The van der Waals surface area contributed by atoms with Crippen LogP contribution in [0.25, 0.3) is 0 Å². The number of allylic oxidation sites excluding steroid dienone is 1. The van der Waals surface area contributed by atoms with Crippen LogP contribution in [0.4, 0.5) is 0 Å². The van der Waals surface area contributed by atoms with Crippen LogP contribution in [-0.2, 0) is 19.4 Å². The Kier molecular flexibility index (Phi) is 7.42. The second-order valence-corrected chi connectivity index (χ2v) is 15.8. The third-order valence-corrected chi connectivity index (χ3v) is 14.3. The van der Waals surface area contributed by atoms with E-state index in [4.69, 9.17) is 4.74 Å². The van der Waals surface area contributed by atoms with E-state index in [-0.39, 0.29) is 34.1 Å². The van der Waals surface area contributed by atoms with Gasteiger partial charge in [0, 0.05) is 13.3 Å². The van der Waals surface area contributed by atoms with Gasteiger partial charge in [-0.1, -0.05) is 57.0 Å². The molecule has 1 unspecified atom stereocenters. The fraction of sp³-hybridized carbons (Fsp3) is 0.727. The molecule has 0 aromatic heterocycles. The molecule has 3 saturated carbocycles. The van der Waals surface area contributed by atoms with E-state index in [0.717, 1.165) is 37.7 Å². The van der Waals surface area contributed by atoms with Crippen LogP contribution in [0.1, 0.15) is 98.0 Å². The Balaban J connectivity index is 1.37. The highest BCUT2D eigenvalue weighted by molar-refractivity contribution is 7.92. The van der Waals surface area contributed by atoms with Crippen LogP contribution in [-0.4, -0.2) is 25.7 Å². The molecule has 0 radical (unpaired) electrons. The van der Waals surface area contributed by atoms with Gasteiger partial charge in [0.1, 0.15) is 6.10 Å². The third kappa shape index (κ3) is 4.49. The van der Waals surface area contributed by atoms with Crippen LogP contribution in [0.15, 0.2) is 40.8 Å². The summed E-state index contributed by atoms with van der Waals surface area (Å²) in [5, 5.41) is -0.338. The van der Waals surface area contributed by atoms with Gasteiger partial charge in [0.2, 0.25) is 0 Å². The molecule has 3 fully saturated rings. The van der Waals surface area contributed by atoms with Gasteiger partial charge in [0.25, 0.3) is 0 Å². The fourth-order valence-electron chi connectivity index (χ4n) is 9.90. The van der Waals surface area contributed by atoms with Crippen molar-refractivity contribution in [2.45, 2.75) is 116 Å². The highest BCUT2D eigenvalue weighted by atomic mass is 32.2. The average molecular weight is 541 g/mol. The Morgan fingerprint density at radius 3 is 2.42 bits per heavy atom. The summed E-state index contributed by atoms with van der Waals surface area (Å²) < 4.78 is 33.3. The molecule has 4 aliphatic carbocycles. The highest BCUT2D eigenvalue weighted by Crippen LogP contribution is 2.67. The normalized spacial score (nSPS) is 38.3. The largest absolute Gasteiger partial charge is 0.462 e. The summed E-state index contributed by atoms with van der Waals surface area (Å²) in [4.78, 5) is 12.1. The maximum Gasteiger partial charge on any atom is 0.302 e. The fourth-order valence-corrected chi connectivity index (χ4v) is 12.0. The smallest absolute Gasteiger partial charge is 0.302 e. The number of fused-ring (bicyclic) bond motifs is 5. The summed E-state index contributed by atoms with van der Waals surface area (Å²) in [7, 11) is -3.38. The van der Waals surface area contributed by atoms with Crippen molar-refractivity contribution in [3.8, 4) is 0 Å². The monoisotopic (exact) mass is 540 g/mol. The molecule has 0 bridgehead atoms. The predicted molar refractivity (Wildman–Crippen MR) is 152 cm³/mol. The summed E-state index contributed by atoms with van der Waals surface area (Å²) in [6, 6.07) is 7.44. The lowest BCUT2D eigenvalue weighted by Gasteiger charge is -2.58. The first-order valence-corrected chi connectivity index (χ1v) is 16.6. The number of carbonyl (C=O) groups is 1. The molecule has 0 heterocycles. The number of benzene rings is 1. The molecule has 0 amide bonds. The van der Waals surface area contributed by atoms with Gasteiger partial charge < -0.3 is 4.74 Å². The van der Waals surface area contributed by atoms with Crippen molar-refractivity contribution in [1.29, 1.82) is 0 Å². The second kappa shape index (κ2) is 10.1. The first kappa shape index (κ1) is 27.9. The molecule has 38 heavy (non-hydrogen) atoms. The number of aryl methyl sites for hydroxylation is 1. The number of carbonyl (C=O) groups excluding carboxylic acids is 1. The summed E-state index contributed by atoms with van der Waals surface area (Å²) >= 11 is 0. The van der Waals surface area contributed by atoms with Crippen molar-refractivity contribution >= 4 is 15.8 Å². The third-order valence-electron chi connectivity index (χ3n) is 11.8. The van der Waals surface area contributed by atoms with Gasteiger partial charge >= 0.3 is 5.97 Å². The molecule has 5 heteroatoms. The molecular formula is C33H48O4S. The van der Waals surface area contributed by atoms with Crippen molar-refractivity contribution in [2.24, 2.45) is 40.4 Å².